The zero-order valence-electron chi connectivity index (χ0n) is 11.3. The molecule has 0 fully saturated rings. The minimum Gasteiger partial charge on any atom is -0.384 e. The van der Waals surface area contributed by atoms with Gasteiger partial charge in [-0.05, 0) is 42.2 Å². The zero-order valence-corrected chi connectivity index (χ0v) is 11.3. The van der Waals surface area contributed by atoms with E-state index in [0.717, 1.165) is 30.8 Å². The molecule has 3 nitrogen and oxygen atoms in total. The molecule has 0 aliphatic carbocycles. The van der Waals surface area contributed by atoms with Gasteiger partial charge in [0.15, 0.2) is 0 Å². The highest BCUT2D eigenvalue weighted by Gasteiger charge is 2.09. The number of nitrogens with one attached hydrogen (secondary N) is 2. The topological polar surface area (TPSA) is 47.9 Å². The molecule has 2 aliphatic rings. The van der Waals surface area contributed by atoms with E-state index in [2.05, 4.69) is 41.0 Å². The highest BCUT2D eigenvalue weighted by atomic mass is 14.9. The third kappa shape index (κ3) is 2.60. The van der Waals surface area contributed by atoms with Crippen LogP contribution in [0.15, 0.2) is 42.5 Å². The van der Waals surface area contributed by atoms with Gasteiger partial charge >= 0.3 is 0 Å². The first kappa shape index (κ1) is 12.6. The van der Waals surface area contributed by atoms with Gasteiger partial charge in [0, 0.05) is 24.5 Å². The van der Waals surface area contributed by atoms with Crippen molar-refractivity contribution in [1.29, 1.82) is 5.26 Å². The molecule has 0 spiro atoms. The Balaban J connectivity index is 0.000000123. The summed E-state index contributed by atoms with van der Waals surface area (Å²) in [6, 6.07) is 16.4. The second-order valence-corrected chi connectivity index (χ2v) is 4.99. The van der Waals surface area contributed by atoms with E-state index in [1.807, 2.05) is 18.2 Å². The molecule has 0 amide bonds. The van der Waals surface area contributed by atoms with Crippen molar-refractivity contribution in [3.63, 3.8) is 0 Å². The number of nitriles is 1. The number of benzene rings is 2. The lowest BCUT2D eigenvalue weighted by atomic mass is 10.1. The van der Waals surface area contributed by atoms with Gasteiger partial charge in [-0.1, -0.05) is 24.3 Å². The van der Waals surface area contributed by atoms with Crippen LogP contribution in [0.5, 0.6) is 0 Å². The Kier molecular flexibility index (Phi) is 3.56. The van der Waals surface area contributed by atoms with Crippen molar-refractivity contribution < 1.29 is 0 Å². The molecule has 0 saturated heterocycles. The molecule has 0 atom stereocenters. The first-order valence-electron chi connectivity index (χ1n) is 6.95. The molecule has 4 rings (SSSR count). The Morgan fingerprint density at radius 2 is 1.55 bits per heavy atom. The van der Waals surface area contributed by atoms with Crippen LogP contribution < -0.4 is 10.6 Å². The van der Waals surface area contributed by atoms with Gasteiger partial charge in [-0.2, -0.15) is 5.26 Å². The second-order valence-electron chi connectivity index (χ2n) is 4.99. The second kappa shape index (κ2) is 5.66. The first-order valence-corrected chi connectivity index (χ1v) is 6.95. The monoisotopic (exact) mass is 263 g/mol. The highest BCUT2D eigenvalue weighted by Crippen LogP contribution is 2.22. The Morgan fingerprint density at radius 3 is 2.30 bits per heavy atom. The van der Waals surface area contributed by atoms with Crippen LogP contribution >= 0.6 is 0 Å². The Labute approximate surface area is 119 Å². The minimum absolute atomic E-state index is 0.734. The maximum atomic E-state index is 8.59. The van der Waals surface area contributed by atoms with Crippen LogP contribution in [0.3, 0.4) is 0 Å². The first-order chi connectivity index (χ1) is 9.86. The lowest BCUT2D eigenvalue weighted by Crippen LogP contribution is -1.90. The SMILES string of the molecule is N#Cc1ccc2c(c1)NCC2.c1ccc2c(c1)CCN2. The fourth-order valence-corrected chi connectivity index (χ4v) is 2.60. The fourth-order valence-electron chi connectivity index (χ4n) is 2.60. The van der Waals surface area contributed by atoms with Crippen molar-refractivity contribution in [2.24, 2.45) is 0 Å². The van der Waals surface area contributed by atoms with E-state index in [4.69, 9.17) is 5.26 Å². The van der Waals surface area contributed by atoms with E-state index < -0.39 is 0 Å². The summed E-state index contributed by atoms with van der Waals surface area (Å²) >= 11 is 0. The van der Waals surface area contributed by atoms with E-state index in [-0.39, 0.29) is 0 Å². The van der Waals surface area contributed by atoms with Crippen molar-refractivity contribution in [2.45, 2.75) is 12.8 Å². The van der Waals surface area contributed by atoms with E-state index in [9.17, 15) is 0 Å². The van der Waals surface area contributed by atoms with Crippen LogP contribution in [0.1, 0.15) is 16.7 Å². The Morgan fingerprint density at radius 1 is 0.850 bits per heavy atom. The molecule has 100 valence electrons. The van der Waals surface area contributed by atoms with Crippen LogP contribution in [0.4, 0.5) is 11.4 Å². The lowest BCUT2D eigenvalue weighted by Gasteiger charge is -1.97. The van der Waals surface area contributed by atoms with Gasteiger partial charge in [0.1, 0.15) is 0 Å². The predicted octanol–water partition coefficient (Wildman–Crippen LogP) is 3.18. The third-order valence-corrected chi connectivity index (χ3v) is 3.68. The predicted molar refractivity (Wildman–Crippen MR) is 82.0 cm³/mol. The molecule has 0 unspecified atom stereocenters. The summed E-state index contributed by atoms with van der Waals surface area (Å²) < 4.78 is 0. The quantitative estimate of drug-likeness (QED) is 0.767. The van der Waals surface area contributed by atoms with Crippen LogP contribution in [0.25, 0.3) is 0 Å². The molecule has 2 aliphatic heterocycles. The largest absolute Gasteiger partial charge is 0.384 e. The van der Waals surface area contributed by atoms with E-state index >= 15 is 0 Å². The van der Waals surface area contributed by atoms with Crippen LogP contribution in [-0.2, 0) is 12.8 Å². The summed E-state index contributed by atoms with van der Waals surface area (Å²) in [5.41, 5.74) is 5.96. The van der Waals surface area contributed by atoms with Gasteiger partial charge < -0.3 is 10.6 Å². The number of nitrogens with zero attached hydrogens (tertiary/aromatic N) is 1. The molecular weight excluding hydrogens is 246 g/mol. The third-order valence-electron chi connectivity index (χ3n) is 3.68. The van der Waals surface area contributed by atoms with Crippen molar-refractivity contribution in [3.05, 3.63) is 59.2 Å². The molecule has 0 radical (unpaired) electrons. The van der Waals surface area contributed by atoms with E-state index in [1.54, 1.807) is 0 Å². The summed E-state index contributed by atoms with van der Waals surface area (Å²) in [5, 5.41) is 15.1. The molecule has 2 aromatic carbocycles. The van der Waals surface area contributed by atoms with Crippen LogP contribution in [0, 0.1) is 11.3 Å². The molecular formula is C17H17N3. The van der Waals surface area contributed by atoms with Gasteiger partial charge in [0.2, 0.25) is 0 Å². The maximum absolute atomic E-state index is 8.59. The molecule has 20 heavy (non-hydrogen) atoms. The van der Waals surface area contributed by atoms with Crippen molar-refractivity contribution >= 4 is 11.4 Å². The highest BCUT2D eigenvalue weighted by molar-refractivity contribution is 5.58. The fraction of sp³-hybridized carbons (Fsp3) is 0.235. The lowest BCUT2D eigenvalue weighted by molar-refractivity contribution is 1.11. The number of rotatable bonds is 0. The average molecular weight is 263 g/mol. The zero-order chi connectivity index (χ0) is 13.8. The minimum atomic E-state index is 0.734. The van der Waals surface area contributed by atoms with Crippen LogP contribution in [-0.4, -0.2) is 13.1 Å². The van der Waals surface area contributed by atoms with Gasteiger partial charge in [-0.15, -0.1) is 0 Å². The smallest absolute Gasteiger partial charge is 0.0992 e. The van der Waals surface area contributed by atoms with Crippen LogP contribution in [0.2, 0.25) is 0 Å². The average Bonchev–Trinajstić information content (AvgIpc) is 3.15. The van der Waals surface area contributed by atoms with Gasteiger partial charge in [-0.3, -0.25) is 0 Å². The summed E-state index contributed by atoms with van der Waals surface area (Å²) in [6.45, 7) is 2.11. The number of hydrogen-bond acceptors (Lipinski definition) is 3. The Hall–Kier alpha value is -2.47. The van der Waals surface area contributed by atoms with Crippen molar-refractivity contribution in [1.82, 2.24) is 0 Å². The number of para-hydroxylation sites is 1. The molecule has 3 heteroatoms. The molecule has 2 N–H and O–H groups in total. The molecule has 2 aromatic rings. The summed E-state index contributed by atoms with van der Waals surface area (Å²) in [6.07, 6.45) is 2.28. The van der Waals surface area contributed by atoms with Crippen molar-refractivity contribution in [3.8, 4) is 6.07 Å². The summed E-state index contributed by atoms with van der Waals surface area (Å²) in [4.78, 5) is 0. The number of hydrogen-bond donors (Lipinski definition) is 2. The maximum Gasteiger partial charge on any atom is 0.0992 e. The van der Waals surface area contributed by atoms with E-state index in [1.165, 1.54) is 23.2 Å². The van der Waals surface area contributed by atoms with Gasteiger partial charge in [0.05, 0.1) is 11.6 Å². The Bertz CT molecular complexity index is 633. The molecule has 0 bridgehead atoms. The molecule has 0 saturated carbocycles. The summed E-state index contributed by atoms with van der Waals surface area (Å²) in [7, 11) is 0. The van der Waals surface area contributed by atoms with Gasteiger partial charge in [-0.25, -0.2) is 0 Å². The number of fused-ring (bicyclic) bond motifs is 2. The van der Waals surface area contributed by atoms with Crippen molar-refractivity contribution in [2.75, 3.05) is 23.7 Å². The summed E-state index contributed by atoms with van der Waals surface area (Å²) in [5.74, 6) is 0. The number of anilines is 2. The van der Waals surface area contributed by atoms with E-state index in [0.29, 0.717) is 0 Å². The molecule has 0 aromatic heterocycles. The molecule has 2 heterocycles. The van der Waals surface area contributed by atoms with Gasteiger partial charge in [0.25, 0.3) is 0 Å². The normalized spacial score (nSPS) is 13.9. The standard InChI is InChI=1S/C9H8N2.C8H9N/c10-6-7-1-2-8-3-4-11-9(8)5-7;1-2-4-8-7(3-1)5-6-9-8/h1-2,5,11H,3-4H2;1-4,9H,5-6H2.